The quantitative estimate of drug-likeness (QED) is 0.491. The van der Waals surface area contributed by atoms with E-state index in [4.69, 9.17) is 0 Å². The number of hydrogen-bond donors (Lipinski definition) is 1. The van der Waals surface area contributed by atoms with Gasteiger partial charge in [-0.15, -0.1) is 5.92 Å². The zero-order valence-electron chi connectivity index (χ0n) is 19.6. The van der Waals surface area contributed by atoms with E-state index in [0.717, 1.165) is 38.5 Å². The van der Waals surface area contributed by atoms with Crippen LogP contribution >= 0.6 is 0 Å². The van der Waals surface area contributed by atoms with Crippen molar-refractivity contribution >= 4 is 0 Å². The molecule has 4 aliphatic rings. The van der Waals surface area contributed by atoms with E-state index in [-0.39, 0.29) is 10.8 Å². The number of hydrogen-bond acceptors (Lipinski definition) is 1. The molecule has 0 aromatic heterocycles. The van der Waals surface area contributed by atoms with Crippen molar-refractivity contribution in [3.05, 3.63) is 70.3 Å². The van der Waals surface area contributed by atoms with E-state index in [1.165, 1.54) is 28.7 Å². The minimum atomic E-state index is -0.896. The summed E-state index contributed by atoms with van der Waals surface area (Å²) in [5, 5.41) is 11.9. The first-order valence-electron chi connectivity index (χ1n) is 12.1. The van der Waals surface area contributed by atoms with Crippen LogP contribution in [-0.2, 0) is 0 Å². The van der Waals surface area contributed by atoms with Gasteiger partial charge in [0.1, 0.15) is 5.60 Å². The van der Waals surface area contributed by atoms with Crippen molar-refractivity contribution in [2.24, 2.45) is 16.7 Å². The Hall–Kier alpha value is -2.04. The van der Waals surface area contributed by atoms with Gasteiger partial charge < -0.3 is 5.11 Å². The summed E-state index contributed by atoms with van der Waals surface area (Å²) in [6.07, 6.45) is 9.73. The molecule has 1 aromatic rings. The van der Waals surface area contributed by atoms with Crippen LogP contribution in [0.5, 0.6) is 0 Å². The molecule has 0 saturated heterocycles. The van der Waals surface area contributed by atoms with Gasteiger partial charge >= 0.3 is 0 Å². The van der Waals surface area contributed by atoms with Crippen LogP contribution in [0.1, 0.15) is 82.8 Å². The van der Waals surface area contributed by atoms with Crippen LogP contribution in [0.15, 0.2) is 59.2 Å². The van der Waals surface area contributed by atoms with Gasteiger partial charge in [0.25, 0.3) is 0 Å². The van der Waals surface area contributed by atoms with E-state index in [1.54, 1.807) is 11.1 Å². The van der Waals surface area contributed by atoms with E-state index in [1.807, 2.05) is 6.92 Å². The highest BCUT2D eigenvalue weighted by atomic mass is 16.3. The lowest BCUT2D eigenvalue weighted by atomic mass is 9.45. The molecule has 162 valence electrons. The maximum atomic E-state index is 11.9. The maximum absolute atomic E-state index is 11.9. The summed E-state index contributed by atoms with van der Waals surface area (Å²) < 4.78 is 0. The SMILES string of the molecule is C=C1C=C2CC[C@@H]3C(=C2CC1)[C@@H](c1ccc(C)cc1)C[C@@]1(C)[C@@]3(C)CC[C@@]1(O)C#CC. The first-order valence-corrected chi connectivity index (χ1v) is 12.1. The largest absolute Gasteiger partial charge is 0.377 e. The highest BCUT2D eigenvalue weighted by Gasteiger charge is 2.68. The van der Waals surface area contributed by atoms with Gasteiger partial charge in [0.15, 0.2) is 0 Å². The molecule has 0 spiro atoms. The first kappa shape index (κ1) is 20.8. The van der Waals surface area contributed by atoms with Gasteiger partial charge in [-0.25, -0.2) is 0 Å². The molecule has 1 nitrogen and oxygen atoms in total. The maximum Gasteiger partial charge on any atom is 0.131 e. The lowest BCUT2D eigenvalue weighted by molar-refractivity contribution is -0.0952. The Balaban J connectivity index is 1.74. The summed E-state index contributed by atoms with van der Waals surface area (Å²) >= 11 is 0. The standard InChI is InChI=1S/C30H36O/c1-6-15-30(31)17-16-28(4)26-14-12-23-18-21(3)9-13-24(23)27(26)25(19-29(28,30)5)22-10-7-20(2)8-11-22/h7-8,10-11,18,25-26,31H,3,9,12-14,16-17,19H2,1-2,4-5H3/t25-,26-,28+,29+,30+/m1/s1. The fraction of sp³-hybridized carbons (Fsp3) is 0.533. The monoisotopic (exact) mass is 412 g/mol. The molecule has 31 heavy (non-hydrogen) atoms. The van der Waals surface area contributed by atoms with E-state index in [2.05, 4.69) is 69.5 Å². The number of rotatable bonds is 1. The molecule has 0 radical (unpaired) electrons. The molecule has 2 fully saturated rings. The van der Waals surface area contributed by atoms with Gasteiger partial charge in [-0.1, -0.05) is 73.4 Å². The summed E-state index contributed by atoms with van der Waals surface area (Å²) in [7, 11) is 0. The zero-order valence-corrected chi connectivity index (χ0v) is 19.6. The molecule has 1 aromatic carbocycles. The number of fused-ring (bicyclic) bond motifs is 4. The molecule has 0 unspecified atom stereocenters. The molecule has 4 aliphatic carbocycles. The average molecular weight is 413 g/mol. The van der Waals surface area contributed by atoms with E-state index in [9.17, 15) is 5.11 Å². The predicted octanol–water partition coefficient (Wildman–Crippen LogP) is 7.03. The van der Waals surface area contributed by atoms with Gasteiger partial charge in [-0.3, -0.25) is 0 Å². The number of benzene rings is 1. The van der Waals surface area contributed by atoms with Gasteiger partial charge in [0.05, 0.1) is 0 Å². The zero-order chi connectivity index (χ0) is 22.0. The Morgan fingerprint density at radius 3 is 2.52 bits per heavy atom. The molecular formula is C30H36O. The first-order chi connectivity index (χ1) is 14.7. The molecule has 0 amide bonds. The van der Waals surface area contributed by atoms with Crippen molar-refractivity contribution in [3.63, 3.8) is 0 Å². The van der Waals surface area contributed by atoms with E-state index >= 15 is 0 Å². The molecule has 0 bridgehead atoms. The van der Waals surface area contributed by atoms with Gasteiger partial charge in [-0.05, 0) is 86.8 Å². The summed E-state index contributed by atoms with van der Waals surface area (Å²) in [6.45, 7) is 13.1. The molecule has 0 aliphatic heterocycles. The normalized spacial score (nSPS) is 39.1. The molecular weight excluding hydrogens is 376 g/mol. The Bertz CT molecular complexity index is 1060. The lowest BCUT2D eigenvalue weighted by Gasteiger charge is -2.59. The third-order valence-electron chi connectivity index (χ3n) is 9.64. The van der Waals surface area contributed by atoms with Crippen LogP contribution in [0.2, 0.25) is 0 Å². The second-order valence-corrected chi connectivity index (χ2v) is 11.0. The van der Waals surface area contributed by atoms with Crippen molar-refractivity contribution in [1.82, 2.24) is 0 Å². The Morgan fingerprint density at radius 1 is 1.06 bits per heavy atom. The summed E-state index contributed by atoms with van der Waals surface area (Å²) in [4.78, 5) is 0. The predicted molar refractivity (Wildman–Crippen MR) is 129 cm³/mol. The van der Waals surface area contributed by atoms with Crippen LogP contribution in [0.3, 0.4) is 0 Å². The third kappa shape index (κ3) is 2.81. The summed E-state index contributed by atoms with van der Waals surface area (Å²) in [6, 6.07) is 9.16. The van der Waals surface area contributed by atoms with Crippen LogP contribution in [-0.4, -0.2) is 10.7 Å². The minimum absolute atomic E-state index is 0.0785. The summed E-state index contributed by atoms with van der Waals surface area (Å²) in [5.74, 6) is 7.25. The average Bonchev–Trinajstić information content (AvgIpc) is 2.95. The van der Waals surface area contributed by atoms with E-state index < -0.39 is 5.60 Å². The molecule has 2 saturated carbocycles. The second-order valence-electron chi connectivity index (χ2n) is 11.0. The number of aryl methyl sites for hydroxylation is 1. The van der Waals surface area contributed by atoms with Crippen LogP contribution < -0.4 is 0 Å². The smallest absolute Gasteiger partial charge is 0.131 e. The van der Waals surface area contributed by atoms with Gasteiger partial charge in [0, 0.05) is 11.3 Å². The number of allylic oxidation sites excluding steroid dienone is 5. The van der Waals surface area contributed by atoms with Gasteiger partial charge in [0.2, 0.25) is 0 Å². The highest BCUT2D eigenvalue weighted by molar-refractivity contribution is 5.52. The van der Waals surface area contributed by atoms with Gasteiger partial charge in [-0.2, -0.15) is 0 Å². The Kier molecular flexibility index (Phi) is 4.69. The highest BCUT2D eigenvalue weighted by Crippen LogP contribution is 2.72. The van der Waals surface area contributed by atoms with Crippen LogP contribution in [0.25, 0.3) is 0 Å². The van der Waals surface area contributed by atoms with Crippen molar-refractivity contribution in [2.45, 2.75) is 84.2 Å². The minimum Gasteiger partial charge on any atom is -0.377 e. The van der Waals surface area contributed by atoms with Crippen LogP contribution in [0.4, 0.5) is 0 Å². The fourth-order valence-corrected chi connectivity index (χ4v) is 7.63. The molecule has 5 atom stereocenters. The molecule has 1 N–H and O–H groups in total. The molecule has 0 heterocycles. The fourth-order valence-electron chi connectivity index (χ4n) is 7.63. The van der Waals surface area contributed by atoms with Crippen molar-refractivity contribution in [2.75, 3.05) is 0 Å². The van der Waals surface area contributed by atoms with Crippen molar-refractivity contribution in [3.8, 4) is 11.8 Å². The number of aliphatic hydroxyl groups is 1. The van der Waals surface area contributed by atoms with Crippen molar-refractivity contribution < 1.29 is 5.11 Å². The molecule has 5 rings (SSSR count). The topological polar surface area (TPSA) is 20.2 Å². The summed E-state index contributed by atoms with van der Waals surface area (Å²) in [5.41, 5.74) is 7.80. The molecule has 1 heteroatoms. The van der Waals surface area contributed by atoms with Crippen molar-refractivity contribution in [1.29, 1.82) is 0 Å². The second kappa shape index (κ2) is 6.98. The Morgan fingerprint density at radius 2 is 1.81 bits per heavy atom. The van der Waals surface area contributed by atoms with Crippen LogP contribution in [0, 0.1) is 35.5 Å². The van der Waals surface area contributed by atoms with E-state index in [0.29, 0.717) is 11.8 Å². The third-order valence-corrected chi connectivity index (χ3v) is 9.64. The lowest BCUT2D eigenvalue weighted by Crippen LogP contribution is -2.56. The Labute approximate surface area is 188 Å².